The average molecular weight is 334 g/mol. The second kappa shape index (κ2) is 7.81. The van der Waals surface area contributed by atoms with Crippen LogP contribution >= 0.6 is 0 Å². The number of nitrogens with zero attached hydrogens (tertiary/aromatic N) is 1. The van der Waals surface area contributed by atoms with Crippen LogP contribution in [-0.2, 0) is 14.4 Å². The molecule has 1 heterocycles. The molecule has 2 N–H and O–H groups in total. The van der Waals surface area contributed by atoms with Crippen molar-refractivity contribution in [3.63, 3.8) is 0 Å². The standard InChI is InChI=1S/C17H22N2O5/c1-3-4-9-19-13-6-5-12(18-15(20)7-8-16(21)22)10-14(13)24-11(2)17(19)23/h5-6,10-11H,3-4,7-9H2,1-2H3,(H,18,20)(H,21,22). The van der Waals surface area contributed by atoms with Crippen molar-refractivity contribution in [2.45, 2.75) is 45.6 Å². The molecule has 0 saturated heterocycles. The highest BCUT2D eigenvalue weighted by Crippen LogP contribution is 2.36. The predicted molar refractivity (Wildman–Crippen MR) is 89.3 cm³/mol. The zero-order valence-corrected chi connectivity index (χ0v) is 13.9. The number of carbonyl (C=O) groups is 3. The summed E-state index contributed by atoms with van der Waals surface area (Å²) in [6, 6.07) is 5.08. The van der Waals surface area contributed by atoms with E-state index in [1.165, 1.54) is 0 Å². The molecule has 0 aromatic heterocycles. The summed E-state index contributed by atoms with van der Waals surface area (Å²) in [6.45, 7) is 4.38. The summed E-state index contributed by atoms with van der Waals surface area (Å²) in [5.41, 5.74) is 1.20. The van der Waals surface area contributed by atoms with Crippen LogP contribution in [0.5, 0.6) is 5.75 Å². The van der Waals surface area contributed by atoms with Crippen LogP contribution in [0.25, 0.3) is 0 Å². The van der Waals surface area contributed by atoms with E-state index >= 15 is 0 Å². The third-order valence-electron chi connectivity index (χ3n) is 3.75. The van der Waals surface area contributed by atoms with E-state index in [2.05, 4.69) is 12.2 Å². The number of benzene rings is 1. The van der Waals surface area contributed by atoms with Crippen molar-refractivity contribution in [1.82, 2.24) is 0 Å². The number of unbranched alkanes of at least 4 members (excludes halogenated alkanes) is 1. The number of nitrogens with one attached hydrogen (secondary N) is 1. The van der Waals surface area contributed by atoms with Crippen molar-refractivity contribution >= 4 is 29.2 Å². The van der Waals surface area contributed by atoms with E-state index in [0.717, 1.165) is 12.8 Å². The second-order valence-corrected chi connectivity index (χ2v) is 5.73. The Bertz CT molecular complexity index is 644. The van der Waals surface area contributed by atoms with Crippen LogP contribution in [0.2, 0.25) is 0 Å². The number of ether oxygens (including phenoxy) is 1. The Labute approximate surface area is 140 Å². The Hall–Kier alpha value is -2.57. The molecule has 1 aliphatic rings. The summed E-state index contributed by atoms with van der Waals surface area (Å²) in [7, 11) is 0. The topological polar surface area (TPSA) is 95.9 Å². The zero-order chi connectivity index (χ0) is 17.7. The SMILES string of the molecule is CCCCN1C(=O)C(C)Oc2cc(NC(=O)CCC(=O)O)ccc21. The number of aliphatic carboxylic acids is 1. The van der Waals surface area contributed by atoms with Gasteiger partial charge in [-0.05, 0) is 25.5 Å². The normalized spacial score (nSPS) is 16.3. The number of carboxylic acids is 1. The van der Waals surface area contributed by atoms with Gasteiger partial charge in [0.1, 0.15) is 5.75 Å². The van der Waals surface area contributed by atoms with Crippen molar-refractivity contribution in [3.8, 4) is 5.75 Å². The first-order valence-electron chi connectivity index (χ1n) is 8.06. The third-order valence-corrected chi connectivity index (χ3v) is 3.75. The van der Waals surface area contributed by atoms with Crippen molar-refractivity contribution in [2.75, 3.05) is 16.8 Å². The minimum atomic E-state index is -1.02. The van der Waals surface area contributed by atoms with E-state index in [1.54, 1.807) is 30.0 Å². The highest BCUT2D eigenvalue weighted by molar-refractivity contribution is 6.00. The summed E-state index contributed by atoms with van der Waals surface area (Å²) in [5, 5.41) is 11.2. The predicted octanol–water partition coefficient (Wildman–Crippen LogP) is 2.40. The molecule has 0 saturated carbocycles. The van der Waals surface area contributed by atoms with Gasteiger partial charge in [-0.2, -0.15) is 0 Å². The largest absolute Gasteiger partial charge is 0.481 e. The van der Waals surface area contributed by atoms with Gasteiger partial charge in [0, 0.05) is 24.7 Å². The van der Waals surface area contributed by atoms with Crippen LogP contribution in [0, 0.1) is 0 Å². The maximum atomic E-state index is 12.3. The molecule has 1 aliphatic heterocycles. The first kappa shape index (κ1) is 17.8. The van der Waals surface area contributed by atoms with Gasteiger partial charge in [-0.3, -0.25) is 14.4 Å². The number of anilines is 2. The van der Waals surface area contributed by atoms with E-state index in [0.29, 0.717) is 23.7 Å². The summed E-state index contributed by atoms with van der Waals surface area (Å²) in [4.78, 5) is 36.2. The van der Waals surface area contributed by atoms with Crippen molar-refractivity contribution in [2.24, 2.45) is 0 Å². The molecule has 0 aliphatic carbocycles. The molecule has 2 amide bonds. The smallest absolute Gasteiger partial charge is 0.303 e. The van der Waals surface area contributed by atoms with Gasteiger partial charge in [-0.1, -0.05) is 13.3 Å². The highest BCUT2D eigenvalue weighted by Gasteiger charge is 2.31. The number of rotatable bonds is 7. The molecular formula is C17H22N2O5. The molecule has 1 unspecified atom stereocenters. The fourth-order valence-corrected chi connectivity index (χ4v) is 2.48. The molecule has 0 fully saturated rings. The van der Waals surface area contributed by atoms with Crippen LogP contribution in [0.3, 0.4) is 0 Å². The third kappa shape index (κ3) is 4.24. The minimum absolute atomic E-state index is 0.0748. The number of hydrogen-bond donors (Lipinski definition) is 2. The van der Waals surface area contributed by atoms with Crippen LogP contribution < -0.4 is 15.0 Å². The van der Waals surface area contributed by atoms with Crippen molar-refractivity contribution in [3.05, 3.63) is 18.2 Å². The Morgan fingerprint density at radius 1 is 1.33 bits per heavy atom. The fraction of sp³-hybridized carbons (Fsp3) is 0.471. The van der Waals surface area contributed by atoms with Gasteiger partial charge in [-0.25, -0.2) is 0 Å². The fourth-order valence-electron chi connectivity index (χ4n) is 2.48. The number of carbonyl (C=O) groups excluding carboxylic acids is 2. The average Bonchev–Trinajstić information content (AvgIpc) is 2.53. The quantitative estimate of drug-likeness (QED) is 0.798. The molecule has 1 atom stereocenters. The van der Waals surface area contributed by atoms with Crippen LogP contribution in [0.4, 0.5) is 11.4 Å². The van der Waals surface area contributed by atoms with Gasteiger partial charge in [0.05, 0.1) is 12.1 Å². The lowest BCUT2D eigenvalue weighted by atomic mass is 10.1. The molecule has 1 aromatic carbocycles. The van der Waals surface area contributed by atoms with Crippen molar-refractivity contribution in [1.29, 1.82) is 0 Å². The van der Waals surface area contributed by atoms with E-state index in [9.17, 15) is 14.4 Å². The second-order valence-electron chi connectivity index (χ2n) is 5.73. The lowest BCUT2D eigenvalue weighted by Gasteiger charge is -2.33. The molecule has 24 heavy (non-hydrogen) atoms. The zero-order valence-electron chi connectivity index (χ0n) is 13.9. The Morgan fingerprint density at radius 2 is 2.08 bits per heavy atom. The molecule has 2 rings (SSSR count). The number of carboxylic acid groups (broad SMARTS) is 1. The molecule has 1 aromatic rings. The van der Waals surface area contributed by atoms with Crippen molar-refractivity contribution < 1.29 is 24.2 Å². The summed E-state index contributed by atoms with van der Waals surface area (Å²) in [5.74, 6) is -0.929. The number of amides is 2. The molecule has 0 bridgehead atoms. The van der Waals surface area contributed by atoms with Crippen LogP contribution in [-0.4, -0.2) is 35.5 Å². The van der Waals surface area contributed by atoms with E-state index in [4.69, 9.17) is 9.84 Å². The summed E-state index contributed by atoms with van der Waals surface area (Å²) in [6.07, 6.45) is 0.985. The molecule has 7 heteroatoms. The maximum Gasteiger partial charge on any atom is 0.303 e. The van der Waals surface area contributed by atoms with E-state index in [1.807, 2.05) is 0 Å². The van der Waals surface area contributed by atoms with Gasteiger partial charge in [0.2, 0.25) is 5.91 Å². The first-order chi connectivity index (χ1) is 11.4. The number of hydrogen-bond acceptors (Lipinski definition) is 4. The molecule has 0 spiro atoms. The number of fused-ring (bicyclic) bond motifs is 1. The molecule has 130 valence electrons. The molecule has 7 nitrogen and oxygen atoms in total. The van der Waals surface area contributed by atoms with Crippen LogP contribution in [0.15, 0.2) is 18.2 Å². The van der Waals surface area contributed by atoms with Gasteiger partial charge >= 0.3 is 5.97 Å². The Balaban J connectivity index is 2.14. The van der Waals surface area contributed by atoms with Gasteiger partial charge in [0.15, 0.2) is 6.10 Å². The van der Waals surface area contributed by atoms with Gasteiger partial charge in [0.25, 0.3) is 5.91 Å². The van der Waals surface area contributed by atoms with Gasteiger partial charge < -0.3 is 20.1 Å². The lowest BCUT2D eigenvalue weighted by Crippen LogP contribution is -2.44. The highest BCUT2D eigenvalue weighted by atomic mass is 16.5. The van der Waals surface area contributed by atoms with E-state index in [-0.39, 0.29) is 24.7 Å². The van der Waals surface area contributed by atoms with E-state index < -0.39 is 12.1 Å². The Kier molecular flexibility index (Phi) is 5.78. The summed E-state index contributed by atoms with van der Waals surface area (Å²) >= 11 is 0. The monoisotopic (exact) mass is 334 g/mol. The maximum absolute atomic E-state index is 12.3. The molecule has 0 radical (unpaired) electrons. The first-order valence-corrected chi connectivity index (χ1v) is 8.06. The lowest BCUT2D eigenvalue weighted by molar-refractivity contribution is -0.138. The van der Waals surface area contributed by atoms with Gasteiger partial charge in [-0.15, -0.1) is 0 Å². The molecular weight excluding hydrogens is 312 g/mol. The summed E-state index contributed by atoms with van der Waals surface area (Å²) < 4.78 is 5.64. The minimum Gasteiger partial charge on any atom is -0.481 e. The van der Waals surface area contributed by atoms with Crippen LogP contribution in [0.1, 0.15) is 39.5 Å². The Morgan fingerprint density at radius 3 is 2.75 bits per heavy atom.